The van der Waals surface area contributed by atoms with Crippen molar-refractivity contribution in [2.75, 3.05) is 18.6 Å². The van der Waals surface area contributed by atoms with Gasteiger partial charge in [-0.05, 0) is 36.8 Å². The highest BCUT2D eigenvalue weighted by Crippen LogP contribution is 2.36. The van der Waals surface area contributed by atoms with Gasteiger partial charge in [0.2, 0.25) is 0 Å². The molecule has 1 aromatic carbocycles. The van der Waals surface area contributed by atoms with E-state index in [0.717, 1.165) is 35.4 Å². The minimum Gasteiger partial charge on any atom is -0.390 e. The molecule has 0 amide bonds. The Labute approximate surface area is 140 Å². The fourth-order valence-electron chi connectivity index (χ4n) is 3.44. The Bertz CT molecular complexity index is 833. The minimum absolute atomic E-state index is 0.123. The molecule has 0 spiro atoms. The average molecular weight is 324 g/mol. The van der Waals surface area contributed by atoms with Gasteiger partial charge < -0.3 is 19.3 Å². The van der Waals surface area contributed by atoms with Crippen LogP contribution in [0.15, 0.2) is 48.9 Å². The third-order valence-corrected chi connectivity index (χ3v) is 4.56. The lowest BCUT2D eigenvalue weighted by atomic mass is 10.1. The van der Waals surface area contributed by atoms with Gasteiger partial charge in [0.15, 0.2) is 0 Å². The maximum Gasteiger partial charge on any atom is 0.123 e. The summed E-state index contributed by atoms with van der Waals surface area (Å²) in [6.07, 6.45) is 3.87. The van der Waals surface area contributed by atoms with E-state index in [1.165, 1.54) is 0 Å². The molecule has 24 heavy (non-hydrogen) atoms. The molecule has 0 saturated carbocycles. The molecule has 2 atom stereocenters. The number of anilines is 1. The molecule has 2 aromatic heterocycles. The molecule has 1 aliphatic heterocycles. The second-order valence-corrected chi connectivity index (χ2v) is 6.05. The zero-order valence-corrected chi connectivity index (χ0v) is 13.5. The average Bonchev–Trinajstić information content (AvgIpc) is 3.19. The first-order chi connectivity index (χ1) is 11.8. The zero-order valence-electron chi connectivity index (χ0n) is 13.5. The number of benzene rings is 1. The van der Waals surface area contributed by atoms with Gasteiger partial charge in [-0.2, -0.15) is 0 Å². The summed E-state index contributed by atoms with van der Waals surface area (Å²) in [5.41, 5.74) is 3.92. The third kappa shape index (κ3) is 2.53. The van der Waals surface area contributed by atoms with Crippen molar-refractivity contribution in [2.45, 2.75) is 25.3 Å². The molecule has 3 heterocycles. The van der Waals surface area contributed by atoms with Crippen molar-refractivity contribution < 1.29 is 9.84 Å². The van der Waals surface area contributed by atoms with Crippen LogP contribution in [-0.2, 0) is 11.5 Å². The Morgan fingerprint density at radius 2 is 2.17 bits per heavy atom. The molecule has 0 radical (unpaired) electrons. The van der Waals surface area contributed by atoms with Crippen LogP contribution in [0.3, 0.4) is 0 Å². The molecule has 6 nitrogen and oxygen atoms in total. The molecule has 1 fully saturated rings. The van der Waals surface area contributed by atoms with Crippen molar-refractivity contribution in [3.63, 3.8) is 0 Å². The number of nitrogens with zero attached hydrogens (tertiary/aromatic N) is 4. The Morgan fingerprint density at radius 3 is 2.96 bits per heavy atom. The molecule has 4 rings (SSSR count). The van der Waals surface area contributed by atoms with Gasteiger partial charge in [0.25, 0.3) is 0 Å². The summed E-state index contributed by atoms with van der Waals surface area (Å²) in [6, 6.07) is 11.9. The Hall–Kier alpha value is -2.44. The van der Waals surface area contributed by atoms with Crippen molar-refractivity contribution in [3.05, 3.63) is 54.6 Å². The summed E-state index contributed by atoms with van der Waals surface area (Å²) in [4.78, 5) is 11.1. The van der Waals surface area contributed by atoms with Crippen LogP contribution in [0.2, 0.25) is 0 Å². The van der Waals surface area contributed by atoms with Crippen LogP contribution in [-0.4, -0.2) is 39.4 Å². The van der Waals surface area contributed by atoms with E-state index < -0.39 is 6.10 Å². The number of aliphatic hydroxyl groups is 1. The lowest BCUT2D eigenvalue weighted by molar-refractivity contribution is 0.134. The fraction of sp³-hybridized carbons (Fsp3) is 0.333. The Morgan fingerprint density at radius 1 is 1.25 bits per heavy atom. The fourth-order valence-corrected chi connectivity index (χ4v) is 3.44. The van der Waals surface area contributed by atoms with Gasteiger partial charge >= 0.3 is 0 Å². The first-order valence-corrected chi connectivity index (χ1v) is 8.07. The van der Waals surface area contributed by atoms with Crippen LogP contribution in [0.1, 0.15) is 18.2 Å². The molecular weight excluding hydrogens is 304 g/mol. The summed E-state index contributed by atoms with van der Waals surface area (Å²) < 4.78 is 7.20. The van der Waals surface area contributed by atoms with E-state index in [4.69, 9.17) is 4.74 Å². The highest BCUT2D eigenvalue weighted by atomic mass is 16.5. The van der Waals surface area contributed by atoms with Gasteiger partial charge in [0.1, 0.15) is 6.73 Å². The summed E-state index contributed by atoms with van der Waals surface area (Å²) >= 11 is 0. The van der Waals surface area contributed by atoms with E-state index in [1.54, 1.807) is 19.6 Å². The van der Waals surface area contributed by atoms with Crippen molar-refractivity contribution in [2.24, 2.45) is 0 Å². The second kappa shape index (κ2) is 6.22. The van der Waals surface area contributed by atoms with Crippen molar-refractivity contribution >= 4 is 16.7 Å². The number of aromatic nitrogens is 3. The maximum absolute atomic E-state index is 10.5. The Balaban J connectivity index is 1.74. The first kappa shape index (κ1) is 15.1. The monoisotopic (exact) mass is 324 g/mol. The number of methoxy groups -OCH3 is 1. The molecule has 0 aliphatic carbocycles. The van der Waals surface area contributed by atoms with E-state index in [1.807, 2.05) is 28.8 Å². The predicted octanol–water partition coefficient (Wildman–Crippen LogP) is 2.35. The van der Waals surface area contributed by atoms with Crippen molar-refractivity contribution in [3.8, 4) is 0 Å². The SMILES string of the molecule is COCn1cnc2ccc(N3CCC(O)C3c3ccccn3)cc21. The van der Waals surface area contributed by atoms with E-state index in [2.05, 4.69) is 27.0 Å². The topological polar surface area (TPSA) is 63.4 Å². The van der Waals surface area contributed by atoms with E-state index in [9.17, 15) is 5.11 Å². The zero-order chi connectivity index (χ0) is 16.5. The molecule has 1 N–H and O–H groups in total. The van der Waals surface area contributed by atoms with Gasteiger partial charge in [0, 0.05) is 25.5 Å². The number of ether oxygens (including phenoxy) is 1. The molecule has 2 unspecified atom stereocenters. The van der Waals surface area contributed by atoms with Gasteiger partial charge in [-0.1, -0.05) is 6.07 Å². The highest BCUT2D eigenvalue weighted by Gasteiger charge is 2.35. The number of hydrogen-bond donors (Lipinski definition) is 1. The lowest BCUT2D eigenvalue weighted by Crippen LogP contribution is -2.27. The largest absolute Gasteiger partial charge is 0.390 e. The van der Waals surface area contributed by atoms with Crippen molar-refractivity contribution in [1.82, 2.24) is 14.5 Å². The van der Waals surface area contributed by atoms with Crippen LogP contribution in [0.4, 0.5) is 5.69 Å². The summed E-state index contributed by atoms with van der Waals surface area (Å²) in [7, 11) is 1.67. The van der Waals surface area contributed by atoms with Gasteiger partial charge in [-0.15, -0.1) is 0 Å². The summed E-state index contributed by atoms with van der Waals surface area (Å²) in [5.74, 6) is 0. The number of rotatable bonds is 4. The van der Waals surface area contributed by atoms with E-state index >= 15 is 0 Å². The van der Waals surface area contributed by atoms with E-state index in [-0.39, 0.29) is 6.04 Å². The van der Waals surface area contributed by atoms with Crippen LogP contribution in [0.25, 0.3) is 11.0 Å². The second-order valence-electron chi connectivity index (χ2n) is 6.05. The van der Waals surface area contributed by atoms with Crippen LogP contribution < -0.4 is 4.90 Å². The predicted molar refractivity (Wildman–Crippen MR) is 91.7 cm³/mol. The summed E-state index contributed by atoms with van der Waals surface area (Å²) in [6.45, 7) is 1.26. The molecule has 0 bridgehead atoms. The number of imidazole rings is 1. The van der Waals surface area contributed by atoms with Crippen LogP contribution in [0, 0.1) is 0 Å². The highest BCUT2D eigenvalue weighted by molar-refractivity contribution is 5.80. The lowest BCUT2D eigenvalue weighted by Gasteiger charge is -2.28. The quantitative estimate of drug-likeness (QED) is 0.798. The standard InChI is InChI=1S/C18H20N4O2/c1-24-12-21-11-20-14-6-5-13(10-16(14)21)22-9-7-17(23)18(22)15-4-2-3-8-19-15/h2-6,8,10-11,17-18,23H,7,9,12H2,1H3. The van der Waals surface area contributed by atoms with Crippen LogP contribution >= 0.6 is 0 Å². The summed E-state index contributed by atoms with van der Waals surface area (Å²) in [5, 5.41) is 10.5. The minimum atomic E-state index is -0.417. The molecule has 3 aromatic rings. The number of fused-ring (bicyclic) bond motifs is 1. The molecule has 1 aliphatic rings. The first-order valence-electron chi connectivity index (χ1n) is 8.07. The van der Waals surface area contributed by atoms with Gasteiger partial charge in [-0.3, -0.25) is 4.98 Å². The smallest absolute Gasteiger partial charge is 0.123 e. The van der Waals surface area contributed by atoms with Crippen LogP contribution in [0.5, 0.6) is 0 Å². The number of hydrogen-bond acceptors (Lipinski definition) is 5. The number of aliphatic hydroxyl groups excluding tert-OH is 1. The maximum atomic E-state index is 10.5. The molecule has 6 heteroatoms. The van der Waals surface area contributed by atoms with Crippen molar-refractivity contribution in [1.29, 1.82) is 0 Å². The third-order valence-electron chi connectivity index (χ3n) is 4.56. The molecule has 1 saturated heterocycles. The number of pyridine rings is 1. The van der Waals surface area contributed by atoms with E-state index in [0.29, 0.717) is 6.73 Å². The molecular formula is C18H20N4O2. The Kier molecular flexibility index (Phi) is 3.92. The molecule has 124 valence electrons. The van der Waals surface area contributed by atoms with Gasteiger partial charge in [0.05, 0.1) is 35.2 Å². The van der Waals surface area contributed by atoms with Gasteiger partial charge in [-0.25, -0.2) is 4.98 Å². The normalized spacial score (nSPS) is 20.8.